The van der Waals surface area contributed by atoms with E-state index in [0.29, 0.717) is 6.61 Å². The third-order valence-corrected chi connectivity index (χ3v) is 6.94. The molecule has 0 atom stereocenters. The molecule has 2 aliphatic rings. The zero-order valence-electron chi connectivity index (χ0n) is 18.1. The standard InChI is InChI=1S/C27H31FN2O/c28-25-7-3-20(4-8-25)18-27(10-13-29-14-11-27)19-31-15-9-23-17-24(21-5-6-21)16-22-2-1-12-30-26(22)23/h1-4,7-8,12,16-17,21,29H,5-6,9-11,13-15,18-19H2. The maximum atomic E-state index is 13.3. The Morgan fingerprint density at radius 2 is 1.87 bits per heavy atom. The average molecular weight is 419 g/mol. The van der Waals surface area contributed by atoms with Crippen LogP contribution in [0.25, 0.3) is 10.9 Å². The Morgan fingerprint density at radius 3 is 2.65 bits per heavy atom. The van der Waals surface area contributed by atoms with E-state index in [9.17, 15) is 4.39 Å². The molecule has 1 N–H and O–H groups in total. The Labute approximate surface area is 184 Å². The summed E-state index contributed by atoms with van der Waals surface area (Å²) in [5.41, 5.74) is 5.19. The largest absolute Gasteiger partial charge is 0.381 e. The summed E-state index contributed by atoms with van der Waals surface area (Å²) in [6, 6.07) is 15.8. The van der Waals surface area contributed by atoms with Crippen molar-refractivity contribution in [1.29, 1.82) is 0 Å². The summed E-state index contributed by atoms with van der Waals surface area (Å²) in [5, 5.41) is 4.71. The Morgan fingerprint density at radius 1 is 1.06 bits per heavy atom. The number of halogens is 1. The highest BCUT2D eigenvalue weighted by molar-refractivity contribution is 5.82. The fourth-order valence-electron chi connectivity index (χ4n) is 4.97. The number of nitrogens with zero attached hydrogens (tertiary/aromatic N) is 1. The van der Waals surface area contributed by atoms with E-state index in [4.69, 9.17) is 4.74 Å². The lowest BCUT2D eigenvalue weighted by Gasteiger charge is -2.37. The van der Waals surface area contributed by atoms with Crippen LogP contribution in [0.5, 0.6) is 0 Å². The molecule has 5 rings (SSSR count). The van der Waals surface area contributed by atoms with Crippen molar-refractivity contribution in [3.05, 3.63) is 77.2 Å². The van der Waals surface area contributed by atoms with E-state index in [0.717, 1.165) is 56.8 Å². The zero-order valence-corrected chi connectivity index (χ0v) is 18.1. The molecular formula is C27H31FN2O. The predicted octanol–water partition coefficient (Wildman–Crippen LogP) is 5.42. The fraction of sp³-hybridized carbons (Fsp3) is 0.444. The molecule has 1 saturated carbocycles. The molecule has 1 saturated heterocycles. The maximum absolute atomic E-state index is 13.3. The van der Waals surface area contributed by atoms with Crippen LogP contribution in [0.1, 0.15) is 48.3 Å². The third-order valence-electron chi connectivity index (χ3n) is 6.94. The van der Waals surface area contributed by atoms with Gasteiger partial charge in [-0.2, -0.15) is 0 Å². The van der Waals surface area contributed by atoms with Crippen LogP contribution in [0.2, 0.25) is 0 Å². The van der Waals surface area contributed by atoms with Crippen LogP contribution in [0, 0.1) is 11.2 Å². The Kier molecular flexibility index (Phi) is 6.02. The van der Waals surface area contributed by atoms with Crippen LogP contribution >= 0.6 is 0 Å². The summed E-state index contributed by atoms with van der Waals surface area (Å²) in [7, 11) is 0. The van der Waals surface area contributed by atoms with Gasteiger partial charge in [0.15, 0.2) is 0 Å². The van der Waals surface area contributed by atoms with Crippen LogP contribution in [0.4, 0.5) is 4.39 Å². The predicted molar refractivity (Wildman–Crippen MR) is 123 cm³/mol. The van der Waals surface area contributed by atoms with Crippen LogP contribution in [-0.2, 0) is 17.6 Å². The minimum Gasteiger partial charge on any atom is -0.381 e. The normalized spacial score (nSPS) is 18.4. The molecule has 2 heterocycles. The summed E-state index contributed by atoms with van der Waals surface area (Å²) in [6.45, 7) is 3.49. The number of pyridine rings is 1. The van der Waals surface area contributed by atoms with Gasteiger partial charge in [-0.05, 0) is 98.5 Å². The first kappa shape index (κ1) is 20.6. The highest BCUT2D eigenvalue weighted by Crippen LogP contribution is 2.41. The van der Waals surface area contributed by atoms with Crippen LogP contribution < -0.4 is 5.32 Å². The van der Waals surface area contributed by atoms with Crippen molar-refractivity contribution in [2.75, 3.05) is 26.3 Å². The molecule has 2 fully saturated rings. The Balaban J connectivity index is 1.25. The van der Waals surface area contributed by atoms with Gasteiger partial charge in [-0.1, -0.05) is 24.3 Å². The first-order chi connectivity index (χ1) is 15.2. The molecule has 0 spiro atoms. The molecule has 3 aromatic rings. The van der Waals surface area contributed by atoms with E-state index in [-0.39, 0.29) is 11.2 Å². The monoisotopic (exact) mass is 418 g/mol. The molecule has 1 aliphatic heterocycles. The number of hydrogen-bond acceptors (Lipinski definition) is 3. The van der Waals surface area contributed by atoms with Gasteiger partial charge in [0.25, 0.3) is 0 Å². The number of ether oxygens (including phenoxy) is 1. The summed E-state index contributed by atoms with van der Waals surface area (Å²) < 4.78 is 19.6. The van der Waals surface area contributed by atoms with Crippen molar-refractivity contribution >= 4 is 10.9 Å². The van der Waals surface area contributed by atoms with E-state index < -0.39 is 0 Å². The van der Waals surface area contributed by atoms with E-state index in [1.807, 2.05) is 24.4 Å². The van der Waals surface area contributed by atoms with Gasteiger partial charge in [-0.3, -0.25) is 4.98 Å². The zero-order chi connectivity index (χ0) is 21.1. The average Bonchev–Trinajstić information content (AvgIpc) is 3.64. The van der Waals surface area contributed by atoms with Crippen LogP contribution in [-0.4, -0.2) is 31.3 Å². The molecule has 0 amide bonds. The second kappa shape index (κ2) is 9.05. The highest BCUT2D eigenvalue weighted by atomic mass is 19.1. The highest BCUT2D eigenvalue weighted by Gasteiger charge is 2.32. The van der Waals surface area contributed by atoms with Gasteiger partial charge in [0, 0.05) is 17.0 Å². The number of hydrogen-bond donors (Lipinski definition) is 1. The number of benzene rings is 2. The summed E-state index contributed by atoms with van der Waals surface area (Å²) in [5.74, 6) is 0.562. The molecule has 0 unspecified atom stereocenters. The van der Waals surface area contributed by atoms with Crippen LogP contribution in [0.15, 0.2) is 54.7 Å². The van der Waals surface area contributed by atoms with Crippen molar-refractivity contribution in [2.24, 2.45) is 5.41 Å². The van der Waals surface area contributed by atoms with Crippen molar-refractivity contribution in [3.8, 4) is 0 Å². The van der Waals surface area contributed by atoms with Gasteiger partial charge in [0.05, 0.1) is 18.7 Å². The quantitative estimate of drug-likeness (QED) is 0.496. The van der Waals surface area contributed by atoms with Gasteiger partial charge < -0.3 is 10.1 Å². The molecule has 3 nitrogen and oxygen atoms in total. The molecular weight excluding hydrogens is 387 g/mol. The van der Waals surface area contributed by atoms with E-state index in [2.05, 4.69) is 28.5 Å². The minimum atomic E-state index is -0.173. The smallest absolute Gasteiger partial charge is 0.123 e. The van der Waals surface area contributed by atoms with E-state index >= 15 is 0 Å². The van der Waals surface area contributed by atoms with Crippen molar-refractivity contribution < 1.29 is 9.13 Å². The van der Waals surface area contributed by atoms with Gasteiger partial charge in [0.1, 0.15) is 5.82 Å². The van der Waals surface area contributed by atoms with Crippen molar-refractivity contribution in [3.63, 3.8) is 0 Å². The molecule has 4 heteroatoms. The molecule has 1 aliphatic carbocycles. The number of piperidine rings is 1. The summed E-state index contributed by atoms with van der Waals surface area (Å²) in [4.78, 5) is 4.65. The lowest BCUT2D eigenvalue weighted by atomic mass is 9.75. The van der Waals surface area contributed by atoms with Gasteiger partial charge in [-0.25, -0.2) is 4.39 Å². The Hall–Kier alpha value is -2.30. The minimum absolute atomic E-state index is 0.124. The second-order valence-electron chi connectivity index (χ2n) is 9.39. The molecule has 0 radical (unpaired) electrons. The number of aromatic nitrogens is 1. The lowest BCUT2D eigenvalue weighted by molar-refractivity contribution is 0.0254. The molecule has 0 bridgehead atoms. The molecule has 31 heavy (non-hydrogen) atoms. The summed E-state index contributed by atoms with van der Waals surface area (Å²) >= 11 is 0. The molecule has 162 valence electrons. The lowest BCUT2D eigenvalue weighted by Crippen LogP contribution is -2.41. The molecule has 2 aromatic carbocycles. The first-order valence-corrected chi connectivity index (χ1v) is 11.6. The van der Waals surface area contributed by atoms with Crippen LogP contribution in [0.3, 0.4) is 0 Å². The number of rotatable bonds is 8. The SMILES string of the molecule is Fc1ccc(CC2(COCCc3cc(C4CC4)cc4cccnc34)CCNCC2)cc1. The van der Waals surface area contributed by atoms with E-state index in [1.165, 1.54) is 34.9 Å². The second-order valence-corrected chi connectivity index (χ2v) is 9.39. The first-order valence-electron chi connectivity index (χ1n) is 11.6. The molecule has 1 aromatic heterocycles. The van der Waals surface area contributed by atoms with Gasteiger partial charge in [0.2, 0.25) is 0 Å². The summed E-state index contributed by atoms with van der Waals surface area (Å²) in [6.07, 6.45) is 8.51. The third kappa shape index (κ3) is 4.97. The number of fused-ring (bicyclic) bond motifs is 1. The van der Waals surface area contributed by atoms with Gasteiger partial charge >= 0.3 is 0 Å². The maximum Gasteiger partial charge on any atom is 0.123 e. The van der Waals surface area contributed by atoms with Crippen molar-refractivity contribution in [1.82, 2.24) is 10.3 Å². The van der Waals surface area contributed by atoms with Crippen molar-refractivity contribution in [2.45, 2.75) is 44.4 Å². The number of nitrogens with one attached hydrogen (secondary N) is 1. The van der Waals surface area contributed by atoms with Gasteiger partial charge in [-0.15, -0.1) is 0 Å². The Bertz CT molecular complexity index is 1020. The fourth-order valence-corrected chi connectivity index (χ4v) is 4.97. The van der Waals surface area contributed by atoms with E-state index in [1.54, 1.807) is 12.1 Å². The topological polar surface area (TPSA) is 34.1 Å².